The van der Waals surface area contributed by atoms with Crippen molar-refractivity contribution in [1.82, 2.24) is 4.90 Å². The highest BCUT2D eigenvalue weighted by Crippen LogP contribution is 2.31. The van der Waals surface area contributed by atoms with Crippen molar-refractivity contribution in [2.75, 3.05) is 36.8 Å². The highest BCUT2D eigenvalue weighted by Gasteiger charge is 2.23. The molecule has 2 aliphatic rings. The first kappa shape index (κ1) is 14.2. The molecule has 0 saturated carbocycles. The Morgan fingerprint density at radius 1 is 1.05 bits per heavy atom. The standard InChI is InChI=1S/C17H25N3O/c18-15-8-5-9-16-14(15)7-6-12-20(16)13-17(21)19-10-3-1-2-4-11-19/h5,8-9H,1-4,6-7,10-13,18H2. The fraction of sp³-hybridized carbons (Fsp3) is 0.588. The fourth-order valence-corrected chi connectivity index (χ4v) is 3.48. The molecule has 2 heterocycles. The number of rotatable bonds is 2. The van der Waals surface area contributed by atoms with Crippen LogP contribution in [0.25, 0.3) is 0 Å². The SMILES string of the molecule is Nc1cccc2c1CCCN2CC(=O)N1CCCCCC1. The molecule has 21 heavy (non-hydrogen) atoms. The molecule has 0 aliphatic carbocycles. The van der Waals surface area contributed by atoms with Gasteiger partial charge in [0.15, 0.2) is 0 Å². The van der Waals surface area contributed by atoms with Crippen LogP contribution in [-0.4, -0.2) is 37.0 Å². The summed E-state index contributed by atoms with van der Waals surface area (Å²) >= 11 is 0. The molecule has 1 aromatic carbocycles. The molecule has 0 aromatic heterocycles. The van der Waals surface area contributed by atoms with Gasteiger partial charge in [-0.2, -0.15) is 0 Å². The molecule has 0 unspecified atom stereocenters. The van der Waals surface area contributed by atoms with Gasteiger partial charge in [-0.15, -0.1) is 0 Å². The smallest absolute Gasteiger partial charge is 0.242 e. The number of likely N-dealkylation sites (tertiary alicyclic amines) is 1. The van der Waals surface area contributed by atoms with Gasteiger partial charge in [0, 0.05) is 31.0 Å². The molecule has 1 amide bonds. The number of amides is 1. The van der Waals surface area contributed by atoms with E-state index in [1.165, 1.54) is 18.4 Å². The highest BCUT2D eigenvalue weighted by molar-refractivity contribution is 5.82. The van der Waals surface area contributed by atoms with Crippen molar-refractivity contribution in [2.45, 2.75) is 38.5 Å². The lowest BCUT2D eigenvalue weighted by Crippen LogP contribution is -2.42. The summed E-state index contributed by atoms with van der Waals surface area (Å²) in [6.45, 7) is 3.30. The Bertz CT molecular complexity index is 507. The number of fused-ring (bicyclic) bond motifs is 1. The molecule has 4 heteroatoms. The van der Waals surface area contributed by atoms with Crippen molar-refractivity contribution in [1.29, 1.82) is 0 Å². The number of anilines is 2. The Kier molecular flexibility index (Phi) is 4.32. The van der Waals surface area contributed by atoms with Crippen molar-refractivity contribution in [3.63, 3.8) is 0 Å². The van der Waals surface area contributed by atoms with Gasteiger partial charge in [0.05, 0.1) is 6.54 Å². The van der Waals surface area contributed by atoms with Crippen LogP contribution in [0.15, 0.2) is 18.2 Å². The maximum Gasteiger partial charge on any atom is 0.242 e. The Morgan fingerprint density at radius 3 is 2.57 bits per heavy atom. The number of carbonyl (C=O) groups excluding carboxylic acids is 1. The normalized spacial score (nSPS) is 19.0. The van der Waals surface area contributed by atoms with Crippen molar-refractivity contribution in [2.24, 2.45) is 0 Å². The number of hydrogen-bond donors (Lipinski definition) is 1. The van der Waals surface area contributed by atoms with Crippen LogP contribution in [0, 0.1) is 0 Å². The summed E-state index contributed by atoms with van der Waals surface area (Å²) in [5.74, 6) is 0.271. The number of hydrogen-bond acceptors (Lipinski definition) is 3. The molecule has 4 nitrogen and oxygen atoms in total. The second-order valence-electron chi connectivity index (χ2n) is 6.17. The molecule has 1 saturated heterocycles. The number of carbonyl (C=O) groups is 1. The summed E-state index contributed by atoms with van der Waals surface area (Å²) in [5, 5.41) is 0. The van der Waals surface area contributed by atoms with E-state index >= 15 is 0 Å². The van der Waals surface area contributed by atoms with Crippen LogP contribution in [0.5, 0.6) is 0 Å². The zero-order valence-electron chi connectivity index (χ0n) is 12.7. The minimum absolute atomic E-state index is 0.271. The Labute approximate surface area is 126 Å². The van der Waals surface area contributed by atoms with Crippen LogP contribution in [0.4, 0.5) is 11.4 Å². The van der Waals surface area contributed by atoms with Gasteiger partial charge in [-0.25, -0.2) is 0 Å². The quantitative estimate of drug-likeness (QED) is 0.850. The van der Waals surface area contributed by atoms with Crippen LogP contribution in [0.2, 0.25) is 0 Å². The van der Waals surface area contributed by atoms with Gasteiger partial charge in [-0.05, 0) is 43.4 Å². The predicted molar refractivity (Wildman–Crippen MR) is 86.4 cm³/mol. The van der Waals surface area contributed by atoms with Gasteiger partial charge in [-0.1, -0.05) is 18.9 Å². The molecule has 1 fully saturated rings. The van der Waals surface area contributed by atoms with E-state index in [1.54, 1.807) is 0 Å². The molecule has 3 rings (SSSR count). The first-order valence-corrected chi connectivity index (χ1v) is 8.16. The fourth-order valence-electron chi connectivity index (χ4n) is 3.48. The third-order valence-corrected chi connectivity index (χ3v) is 4.67. The van der Waals surface area contributed by atoms with Crippen molar-refractivity contribution >= 4 is 17.3 Å². The van der Waals surface area contributed by atoms with E-state index in [-0.39, 0.29) is 5.91 Å². The lowest BCUT2D eigenvalue weighted by molar-refractivity contribution is -0.129. The van der Waals surface area contributed by atoms with Crippen molar-refractivity contribution < 1.29 is 4.79 Å². The van der Waals surface area contributed by atoms with Crippen LogP contribution in [0.3, 0.4) is 0 Å². The topological polar surface area (TPSA) is 49.6 Å². The van der Waals surface area contributed by atoms with E-state index in [0.29, 0.717) is 6.54 Å². The summed E-state index contributed by atoms with van der Waals surface area (Å²) in [5.41, 5.74) is 9.31. The highest BCUT2D eigenvalue weighted by atomic mass is 16.2. The van der Waals surface area contributed by atoms with E-state index in [4.69, 9.17) is 5.73 Å². The number of nitrogen functional groups attached to an aromatic ring is 1. The van der Waals surface area contributed by atoms with Gasteiger partial charge in [-0.3, -0.25) is 4.79 Å². The van der Waals surface area contributed by atoms with Crippen LogP contribution in [-0.2, 0) is 11.2 Å². The summed E-state index contributed by atoms with van der Waals surface area (Å²) in [6.07, 6.45) is 6.91. The van der Waals surface area contributed by atoms with Gasteiger partial charge >= 0.3 is 0 Å². The van der Waals surface area contributed by atoms with Gasteiger partial charge in [0.1, 0.15) is 0 Å². The number of benzene rings is 1. The molecular weight excluding hydrogens is 262 g/mol. The summed E-state index contributed by atoms with van der Waals surface area (Å²) in [7, 11) is 0. The Morgan fingerprint density at radius 2 is 1.81 bits per heavy atom. The van der Waals surface area contributed by atoms with Crippen molar-refractivity contribution in [3.8, 4) is 0 Å². The molecule has 0 radical (unpaired) electrons. The van der Waals surface area contributed by atoms with E-state index < -0.39 is 0 Å². The second-order valence-corrected chi connectivity index (χ2v) is 6.17. The zero-order valence-corrected chi connectivity index (χ0v) is 12.7. The van der Waals surface area contributed by atoms with Crippen LogP contribution < -0.4 is 10.6 Å². The Balaban J connectivity index is 1.71. The Hall–Kier alpha value is -1.71. The third-order valence-electron chi connectivity index (χ3n) is 4.67. The summed E-state index contributed by atoms with van der Waals surface area (Å²) < 4.78 is 0. The van der Waals surface area contributed by atoms with Gasteiger partial charge < -0.3 is 15.5 Å². The molecule has 2 N–H and O–H groups in total. The first-order chi connectivity index (χ1) is 10.3. The number of nitrogens with zero attached hydrogens (tertiary/aromatic N) is 2. The largest absolute Gasteiger partial charge is 0.398 e. The second kappa shape index (κ2) is 6.37. The van der Waals surface area contributed by atoms with E-state index in [2.05, 4.69) is 11.0 Å². The van der Waals surface area contributed by atoms with E-state index in [0.717, 1.165) is 56.7 Å². The van der Waals surface area contributed by atoms with E-state index in [1.807, 2.05) is 17.0 Å². The number of nitrogens with two attached hydrogens (primary N) is 1. The maximum absolute atomic E-state index is 12.6. The van der Waals surface area contributed by atoms with Crippen LogP contribution >= 0.6 is 0 Å². The molecule has 0 bridgehead atoms. The molecule has 0 atom stereocenters. The van der Waals surface area contributed by atoms with Crippen LogP contribution in [0.1, 0.15) is 37.7 Å². The zero-order chi connectivity index (χ0) is 14.7. The third kappa shape index (κ3) is 3.14. The summed E-state index contributed by atoms with van der Waals surface area (Å²) in [6, 6.07) is 6.04. The molecule has 1 aromatic rings. The van der Waals surface area contributed by atoms with Gasteiger partial charge in [0.25, 0.3) is 0 Å². The average Bonchev–Trinajstić information content (AvgIpc) is 2.77. The minimum Gasteiger partial charge on any atom is -0.398 e. The summed E-state index contributed by atoms with van der Waals surface area (Å²) in [4.78, 5) is 16.8. The lowest BCUT2D eigenvalue weighted by Gasteiger charge is -2.33. The van der Waals surface area contributed by atoms with E-state index in [9.17, 15) is 4.79 Å². The first-order valence-electron chi connectivity index (χ1n) is 8.16. The monoisotopic (exact) mass is 287 g/mol. The molecule has 2 aliphatic heterocycles. The molecule has 114 valence electrons. The average molecular weight is 287 g/mol. The van der Waals surface area contributed by atoms with Gasteiger partial charge in [0.2, 0.25) is 5.91 Å². The minimum atomic E-state index is 0.271. The lowest BCUT2D eigenvalue weighted by atomic mass is 10.00. The molecular formula is C17H25N3O. The molecule has 0 spiro atoms. The van der Waals surface area contributed by atoms with Crippen molar-refractivity contribution in [3.05, 3.63) is 23.8 Å². The maximum atomic E-state index is 12.6. The predicted octanol–water partition coefficient (Wildman–Crippen LogP) is 2.42.